The SMILES string of the molecule is C[C@@H](NC(=O)[C@@H]1C[C@](F)(CF)CN1C(=O)CNC(=O)c1ccc(Oc2ccc(F)cc2)cc1)c1cc2cnccc2n1S(=O)(=O)c1ccccc1. The number of rotatable bonds is 11. The van der Waals surface area contributed by atoms with Gasteiger partial charge in [-0.3, -0.25) is 19.4 Å². The molecule has 3 amide bonds. The van der Waals surface area contributed by atoms with Gasteiger partial charge in [-0.2, -0.15) is 0 Å². The van der Waals surface area contributed by atoms with Crippen molar-refractivity contribution in [2.45, 2.75) is 36.0 Å². The Kier molecular flexibility index (Phi) is 9.83. The Morgan fingerprint density at radius 2 is 1.67 bits per heavy atom. The number of carbonyl (C=O) groups is 3. The van der Waals surface area contributed by atoms with Crippen LogP contribution in [0.3, 0.4) is 0 Å². The molecule has 264 valence electrons. The lowest BCUT2D eigenvalue weighted by atomic mass is 10.0. The van der Waals surface area contributed by atoms with Crippen molar-refractivity contribution in [1.29, 1.82) is 0 Å². The fourth-order valence-electron chi connectivity index (χ4n) is 5.91. The molecule has 2 aromatic heterocycles. The van der Waals surface area contributed by atoms with Crippen molar-refractivity contribution in [2.24, 2.45) is 0 Å². The van der Waals surface area contributed by atoms with E-state index in [2.05, 4.69) is 15.6 Å². The van der Waals surface area contributed by atoms with Crippen molar-refractivity contribution in [3.8, 4) is 11.5 Å². The Morgan fingerprint density at radius 3 is 2.33 bits per heavy atom. The predicted octanol–water partition coefficient (Wildman–Crippen LogP) is 5.09. The van der Waals surface area contributed by atoms with Gasteiger partial charge >= 0.3 is 0 Å². The molecule has 0 aliphatic carbocycles. The number of hydrogen-bond acceptors (Lipinski definition) is 7. The predicted molar refractivity (Wildman–Crippen MR) is 180 cm³/mol. The molecule has 0 radical (unpaired) electrons. The highest BCUT2D eigenvalue weighted by Gasteiger charge is 2.49. The second-order valence-electron chi connectivity index (χ2n) is 12.1. The van der Waals surface area contributed by atoms with Crippen LogP contribution in [0, 0.1) is 5.82 Å². The number of hydrogen-bond donors (Lipinski definition) is 2. The average Bonchev–Trinajstić information content (AvgIpc) is 3.72. The topological polar surface area (TPSA) is 140 Å². The van der Waals surface area contributed by atoms with E-state index in [1.165, 1.54) is 86.0 Å². The van der Waals surface area contributed by atoms with E-state index in [4.69, 9.17) is 4.74 Å². The van der Waals surface area contributed by atoms with Gasteiger partial charge in [-0.15, -0.1) is 0 Å². The number of likely N-dealkylation sites (tertiary alicyclic amines) is 1. The zero-order chi connectivity index (χ0) is 36.3. The van der Waals surface area contributed by atoms with Gasteiger partial charge in [-0.25, -0.2) is 25.6 Å². The molecule has 1 aliphatic heterocycles. The monoisotopic (exact) mass is 719 g/mol. The minimum absolute atomic E-state index is 0.00753. The number of amides is 3. The molecular weight excluding hydrogens is 687 g/mol. The Labute approximate surface area is 291 Å². The molecule has 2 N–H and O–H groups in total. The first-order valence-corrected chi connectivity index (χ1v) is 17.2. The van der Waals surface area contributed by atoms with Gasteiger partial charge in [0.05, 0.1) is 35.2 Å². The highest BCUT2D eigenvalue weighted by atomic mass is 32.2. The standard InChI is InChI=1S/C36H32F3N5O6S/c1-23(31-17-25-19-40-16-15-30(25)44(31)51(48,49)29-5-3-2-4-6-29)42-35(47)32-18-36(39,21-37)22-43(32)33(45)20-41-34(46)24-7-11-27(12-8-24)50-28-13-9-26(38)10-14-28/h2-17,19,23,32H,18,20-22H2,1H3,(H,41,46)(H,42,47)/t23-,32+,36+/m1/s1. The molecule has 3 atom stereocenters. The van der Waals surface area contributed by atoms with Gasteiger partial charge in [0.2, 0.25) is 11.8 Å². The summed E-state index contributed by atoms with van der Waals surface area (Å²) in [6.07, 6.45) is 2.27. The molecule has 0 saturated carbocycles. The fourth-order valence-corrected chi connectivity index (χ4v) is 7.53. The van der Waals surface area contributed by atoms with E-state index in [1.54, 1.807) is 24.3 Å². The summed E-state index contributed by atoms with van der Waals surface area (Å²) >= 11 is 0. The van der Waals surface area contributed by atoms with Gasteiger partial charge in [0.1, 0.15) is 30.0 Å². The normalized spacial score (nSPS) is 18.0. The van der Waals surface area contributed by atoms with Gasteiger partial charge in [0.15, 0.2) is 5.67 Å². The zero-order valence-corrected chi connectivity index (χ0v) is 27.9. The number of halogens is 3. The third kappa shape index (κ3) is 7.43. The third-order valence-corrected chi connectivity index (χ3v) is 10.2. The summed E-state index contributed by atoms with van der Waals surface area (Å²) in [5.41, 5.74) is -1.86. The van der Waals surface area contributed by atoms with Crippen LogP contribution in [0.4, 0.5) is 13.2 Å². The number of nitrogens with one attached hydrogen (secondary N) is 2. The first-order chi connectivity index (χ1) is 24.4. The summed E-state index contributed by atoms with van der Waals surface area (Å²) in [5.74, 6) is -1.98. The van der Waals surface area contributed by atoms with Crippen LogP contribution in [-0.4, -0.2) is 71.5 Å². The van der Waals surface area contributed by atoms with Crippen LogP contribution in [-0.2, 0) is 19.6 Å². The molecular formula is C36H32F3N5O6S. The van der Waals surface area contributed by atoms with E-state index in [9.17, 15) is 31.6 Å². The maximum Gasteiger partial charge on any atom is 0.268 e. The van der Waals surface area contributed by atoms with Crippen LogP contribution in [0.5, 0.6) is 11.5 Å². The van der Waals surface area contributed by atoms with Crippen molar-refractivity contribution in [2.75, 3.05) is 19.8 Å². The maximum atomic E-state index is 15.4. The Bertz CT molecular complexity index is 2180. The molecule has 15 heteroatoms. The van der Waals surface area contributed by atoms with Crippen LogP contribution >= 0.6 is 0 Å². The van der Waals surface area contributed by atoms with Crippen molar-refractivity contribution in [1.82, 2.24) is 24.5 Å². The average molecular weight is 720 g/mol. The van der Waals surface area contributed by atoms with E-state index < -0.39 is 77.5 Å². The molecule has 51 heavy (non-hydrogen) atoms. The number of ether oxygens (including phenoxy) is 1. The second kappa shape index (κ2) is 14.3. The number of alkyl halides is 2. The van der Waals surface area contributed by atoms with E-state index >= 15 is 4.39 Å². The number of pyridine rings is 1. The van der Waals surface area contributed by atoms with Crippen LogP contribution in [0.25, 0.3) is 10.9 Å². The number of fused-ring (bicyclic) bond motifs is 1. The molecule has 0 spiro atoms. The summed E-state index contributed by atoms with van der Waals surface area (Å²) in [5, 5.41) is 5.60. The van der Waals surface area contributed by atoms with E-state index in [-0.39, 0.29) is 16.2 Å². The van der Waals surface area contributed by atoms with E-state index in [1.807, 2.05) is 0 Å². The number of benzene rings is 3. The Balaban J connectivity index is 1.15. The Hall–Kier alpha value is -5.70. The van der Waals surface area contributed by atoms with Gasteiger partial charge in [-0.05, 0) is 79.7 Å². The first-order valence-electron chi connectivity index (χ1n) is 15.8. The van der Waals surface area contributed by atoms with Crippen LogP contribution in [0.1, 0.15) is 35.4 Å². The summed E-state index contributed by atoms with van der Waals surface area (Å²) in [6.45, 7) is -1.27. The molecule has 11 nitrogen and oxygen atoms in total. The lowest BCUT2D eigenvalue weighted by molar-refractivity contribution is -0.138. The van der Waals surface area contributed by atoms with Gasteiger partial charge in [0, 0.05) is 29.8 Å². The lowest BCUT2D eigenvalue weighted by Crippen LogP contribution is -2.49. The van der Waals surface area contributed by atoms with Crippen LogP contribution in [0.2, 0.25) is 0 Å². The summed E-state index contributed by atoms with van der Waals surface area (Å²) < 4.78 is 76.7. The second-order valence-corrected chi connectivity index (χ2v) is 13.9. The number of carbonyl (C=O) groups excluding carboxylic acids is 3. The molecule has 3 heterocycles. The molecule has 1 aliphatic rings. The van der Waals surface area contributed by atoms with Crippen molar-refractivity contribution >= 4 is 38.6 Å². The van der Waals surface area contributed by atoms with E-state index in [0.29, 0.717) is 22.4 Å². The smallest absolute Gasteiger partial charge is 0.268 e. The highest BCUT2D eigenvalue weighted by Crippen LogP contribution is 2.33. The van der Waals surface area contributed by atoms with Crippen LogP contribution in [0.15, 0.2) is 108 Å². The summed E-state index contributed by atoms with van der Waals surface area (Å²) in [6, 6.07) is 19.6. The highest BCUT2D eigenvalue weighted by molar-refractivity contribution is 7.90. The Morgan fingerprint density at radius 1 is 1.00 bits per heavy atom. The summed E-state index contributed by atoms with van der Waals surface area (Å²) in [7, 11) is -4.15. The van der Waals surface area contributed by atoms with Crippen molar-refractivity contribution in [3.05, 3.63) is 120 Å². The third-order valence-electron chi connectivity index (χ3n) is 8.49. The zero-order valence-electron chi connectivity index (χ0n) is 27.1. The van der Waals surface area contributed by atoms with Gasteiger partial charge in [-0.1, -0.05) is 18.2 Å². The fraction of sp³-hybridized carbons (Fsp3) is 0.222. The molecule has 5 aromatic rings. The molecule has 1 fully saturated rings. The quantitative estimate of drug-likeness (QED) is 0.194. The molecule has 3 aromatic carbocycles. The molecule has 0 unspecified atom stereocenters. The molecule has 6 rings (SSSR count). The summed E-state index contributed by atoms with van der Waals surface area (Å²) in [4.78, 5) is 44.7. The minimum atomic E-state index is -4.15. The van der Waals surface area contributed by atoms with Gasteiger partial charge < -0.3 is 20.3 Å². The van der Waals surface area contributed by atoms with Crippen molar-refractivity contribution < 1.29 is 40.7 Å². The maximum absolute atomic E-state index is 15.4. The van der Waals surface area contributed by atoms with Gasteiger partial charge in [0.25, 0.3) is 15.9 Å². The van der Waals surface area contributed by atoms with Crippen molar-refractivity contribution in [3.63, 3.8) is 0 Å². The van der Waals surface area contributed by atoms with Crippen LogP contribution < -0.4 is 15.4 Å². The van der Waals surface area contributed by atoms with E-state index in [0.717, 1.165) is 8.87 Å². The molecule has 0 bridgehead atoms. The first kappa shape index (κ1) is 35.1. The number of nitrogens with zero attached hydrogens (tertiary/aromatic N) is 3. The minimum Gasteiger partial charge on any atom is -0.457 e. The lowest BCUT2D eigenvalue weighted by Gasteiger charge is -2.26. The molecule has 1 saturated heterocycles. The largest absolute Gasteiger partial charge is 0.457 e. The number of aromatic nitrogens is 2.